The van der Waals surface area contributed by atoms with Gasteiger partial charge >= 0.3 is 0 Å². The summed E-state index contributed by atoms with van der Waals surface area (Å²) < 4.78 is 43.9. The highest BCUT2D eigenvalue weighted by Crippen LogP contribution is 2.28. The summed E-state index contributed by atoms with van der Waals surface area (Å²) in [6, 6.07) is 8.62. The lowest BCUT2D eigenvalue weighted by Gasteiger charge is -2.31. The van der Waals surface area contributed by atoms with Crippen LogP contribution in [0, 0.1) is 5.92 Å². The number of hydrogen-bond donors (Lipinski definition) is 1. The number of nitrogens with zero attached hydrogens (tertiary/aromatic N) is 1. The fraction of sp³-hybridized carbons (Fsp3) is 0.474. The first-order valence-corrected chi connectivity index (χ1v) is 10.5. The van der Waals surface area contributed by atoms with Crippen LogP contribution in [-0.2, 0) is 16.6 Å². The van der Waals surface area contributed by atoms with Crippen LogP contribution in [0.4, 0.5) is 0 Å². The summed E-state index contributed by atoms with van der Waals surface area (Å²) in [6.45, 7) is 3.06. The van der Waals surface area contributed by atoms with Crippen molar-refractivity contribution in [1.82, 2.24) is 9.62 Å². The summed E-state index contributed by atoms with van der Waals surface area (Å²) in [5.41, 5.74) is 0. The lowest BCUT2D eigenvalue weighted by molar-refractivity contribution is 0.167. The van der Waals surface area contributed by atoms with Crippen molar-refractivity contribution in [1.29, 1.82) is 0 Å². The third-order valence-electron chi connectivity index (χ3n) is 4.89. The van der Waals surface area contributed by atoms with Crippen LogP contribution in [0.2, 0.25) is 0 Å². The number of furan rings is 1. The molecule has 0 amide bonds. The Hall–Kier alpha value is -2.03. The standard InChI is InChI=1S/C19H26N2O5S/c1-24-16-5-6-18(25-2)19(12-16)27(22,23)20-13-15-7-9-21(10-8-15)14-17-4-3-11-26-17/h3-6,11-12,15,20H,7-10,13-14H2,1-2H3. The van der Waals surface area contributed by atoms with E-state index >= 15 is 0 Å². The number of hydrogen-bond acceptors (Lipinski definition) is 6. The zero-order chi connectivity index (χ0) is 19.3. The Kier molecular flexibility index (Phi) is 6.41. The van der Waals surface area contributed by atoms with Gasteiger partial charge in [0, 0.05) is 12.6 Å². The van der Waals surface area contributed by atoms with Crippen LogP contribution < -0.4 is 14.2 Å². The topological polar surface area (TPSA) is 81.0 Å². The van der Waals surface area contributed by atoms with Gasteiger partial charge in [0.1, 0.15) is 22.2 Å². The van der Waals surface area contributed by atoms with Gasteiger partial charge in [0.25, 0.3) is 0 Å². The number of sulfonamides is 1. The van der Waals surface area contributed by atoms with Crippen molar-refractivity contribution >= 4 is 10.0 Å². The molecule has 1 aliphatic rings. The third-order valence-corrected chi connectivity index (χ3v) is 6.33. The van der Waals surface area contributed by atoms with E-state index in [-0.39, 0.29) is 4.90 Å². The van der Waals surface area contributed by atoms with Crippen LogP contribution in [0.25, 0.3) is 0 Å². The molecule has 2 heterocycles. The number of likely N-dealkylation sites (tertiary alicyclic amines) is 1. The Morgan fingerprint density at radius 3 is 2.59 bits per heavy atom. The zero-order valence-electron chi connectivity index (χ0n) is 15.7. The molecule has 7 nitrogen and oxygen atoms in total. The summed E-state index contributed by atoms with van der Waals surface area (Å²) in [5, 5.41) is 0. The van der Waals surface area contributed by atoms with E-state index < -0.39 is 10.0 Å². The molecule has 1 saturated heterocycles. The van der Waals surface area contributed by atoms with Crippen LogP contribution >= 0.6 is 0 Å². The van der Waals surface area contributed by atoms with Gasteiger partial charge in [-0.25, -0.2) is 13.1 Å². The van der Waals surface area contributed by atoms with Crippen molar-refractivity contribution in [3.8, 4) is 11.5 Å². The number of nitrogens with one attached hydrogen (secondary N) is 1. The molecule has 1 fully saturated rings. The van der Waals surface area contributed by atoms with E-state index in [1.54, 1.807) is 18.4 Å². The second kappa shape index (κ2) is 8.77. The van der Waals surface area contributed by atoms with Gasteiger partial charge in [-0.1, -0.05) is 0 Å². The summed E-state index contributed by atoms with van der Waals surface area (Å²) >= 11 is 0. The second-order valence-electron chi connectivity index (χ2n) is 6.67. The molecule has 0 atom stereocenters. The van der Waals surface area contributed by atoms with Crippen molar-refractivity contribution in [3.63, 3.8) is 0 Å². The molecular formula is C19H26N2O5S. The molecule has 8 heteroatoms. The van der Waals surface area contributed by atoms with E-state index in [0.29, 0.717) is 24.0 Å². The maximum absolute atomic E-state index is 12.7. The van der Waals surface area contributed by atoms with E-state index in [2.05, 4.69) is 9.62 Å². The van der Waals surface area contributed by atoms with Crippen molar-refractivity contribution in [2.24, 2.45) is 5.92 Å². The third kappa shape index (κ3) is 5.03. The minimum absolute atomic E-state index is 0.0969. The minimum Gasteiger partial charge on any atom is -0.497 e. The molecule has 1 N–H and O–H groups in total. The normalized spacial score (nSPS) is 16.4. The number of piperidine rings is 1. The lowest BCUT2D eigenvalue weighted by Crippen LogP contribution is -2.38. The quantitative estimate of drug-likeness (QED) is 0.741. The monoisotopic (exact) mass is 394 g/mol. The van der Waals surface area contributed by atoms with Crippen LogP contribution in [0.3, 0.4) is 0 Å². The Balaban J connectivity index is 1.55. The molecule has 1 aromatic carbocycles. The molecule has 27 heavy (non-hydrogen) atoms. The molecule has 1 aliphatic heterocycles. The van der Waals surface area contributed by atoms with Crippen molar-refractivity contribution in [2.75, 3.05) is 33.9 Å². The van der Waals surface area contributed by atoms with E-state index in [0.717, 1.165) is 38.2 Å². The van der Waals surface area contributed by atoms with Gasteiger partial charge in [-0.15, -0.1) is 0 Å². The van der Waals surface area contributed by atoms with Crippen molar-refractivity contribution in [3.05, 3.63) is 42.4 Å². The summed E-state index contributed by atoms with van der Waals surface area (Å²) in [6.07, 6.45) is 3.57. The molecule has 148 valence electrons. The minimum atomic E-state index is -3.67. The first kappa shape index (κ1) is 19.7. The summed E-state index contributed by atoms with van der Waals surface area (Å²) in [5.74, 6) is 2.04. The van der Waals surface area contributed by atoms with Gasteiger partial charge in [0.15, 0.2) is 0 Å². The molecule has 1 aromatic heterocycles. The highest BCUT2D eigenvalue weighted by atomic mass is 32.2. The smallest absolute Gasteiger partial charge is 0.244 e. The van der Waals surface area contributed by atoms with E-state index in [9.17, 15) is 8.42 Å². The average Bonchev–Trinajstić information content (AvgIpc) is 3.20. The first-order valence-electron chi connectivity index (χ1n) is 8.98. The average molecular weight is 394 g/mol. The molecule has 0 saturated carbocycles. The fourth-order valence-electron chi connectivity index (χ4n) is 3.27. The Labute approximate surface area is 160 Å². The summed E-state index contributed by atoms with van der Waals surface area (Å²) in [7, 11) is -0.717. The maximum Gasteiger partial charge on any atom is 0.244 e. The molecule has 0 radical (unpaired) electrons. The van der Waals surface area contributed by atoms with Gasteiger partial charge in [0.2, 0.25) is 10.0 Å². The highest BCUT2D eigenvalue weighted by Gasteiger charge is 2.24. The maximum atomic E-state index is 12.7. The van der Waals surface area contributed by atoms with Crippen LogP contribution in [0.15, 0.2) is 45.9 Å². The molecule has 0 spiro atoms. The SMILES string of the molecule is COc1ccc(OC)c(S(=O)(=O)NCC2CCN(Cc3ccco3)CC2)c1. The second-order valence-corrected chi connectivity index (χ2v) is 8.40. The fourth-order valence-corrected chi connectivity index (χ4v) is 4.57. The number of rotatable bonds is 8. The van der Waals surface area contributed by atoms with Crippen molar-refractivity contribution < 1.29 is 22.3 Å². The molecule has 0 bridgehead atoms. The van der Waals surface area contributed by atoms with E-state index in [1.165, 1.54) is 20.3 Å². The highest BCUT2D eigenvalue weighted by molar-refractivity contribution is 7.89. The van der Waals surface area contributed by atoms with Gasteiger partial charge in [0.05, 0.1) is 27.0 Å². The Bertz CT molecular complexity index is 828. The number of ether oxygens (including phenoxy) is 2. The Morgan fingerprint density at radius 1 is 1.19 bits per heavy atom. The molecule has 3 rings (SSSR count). The number of methoxy groups -OCH3 is 2. The van der Waals surface area contributed by atoms with Gasteiger partial charge in [-0.3, -0.25) is 4.90 Å². The molecule has 0 unspecified atom stereocenters. The van der Waals surface area contributed by atoms with Gasteiger partial charge < -0.3 is 13.9 Å². The lowest BCUT2D eigenvalue weighted by atomic mass is 9.97. The van der Waals surface area contributed by atoms with Crippen LogP contribution in [0.5, 0.6) is 11.5 Å². The van der Waals surface area contributed by atoms with E-state index in [4.69, 9.17) is 13.9 Å². The van der Waals surface area contributed by atoms with Gasteiger partial charge in [-0.05, 0) is 56.1 Å². The van der Waals surface area contributed by atoms with Crippen LogP contribution in [-0.4, -0.2) is 47.2 Å². The number of benzene rings is 1. The molecule has 2 aromatic rings. The van der Waals surface area contributed by atoms with E-state index in [1.807, 2.05) is 12.1 Å². The van der Waals surface area contributed by atoms with Crippen LogP contribution in [0.1, 0.15) is 18.6 Å². The first-order chi connectivity index (χ1) is 13.0. The van der Waals surface area contributed by atoms with Gasteiger partial charge in [-0.2, -0.15) is 0 Å². The summed E-state index contributed by atoms with van der Waals surface area (Å²) in [4.78, 5) is 2.43. The predicted octanol–water partition coefficient (Wildman–Crippen LogP) is 2.49. The largest absolute Gasteiger partial charge is 0.497 e. The molecule has 0 aliphatic carbocycles. The predicted molar refractivity (Wildman–Crippen MR) is 101 cm³/mol. The Morgan fingerprint density at radius 2 is 1.96 bits per heavy atom. The zero-order valence-corrected chi connectivity index (χ0v) is 16.5. The van der Waals surface area contributed by atoms with Crippen molar-refractivity contribution in [2.45, 2.75) is 24.3 Å². The molecular weight excluding hydrogens is 368 g/mol.